The van der Waals surface area contributed by atoms with Crippen molar-refractivity contribution in [3.63, 3.8) is 0 Å². The average Bonchev–Trinajstić information content (AvgIpc) is 2.76. The van der Waals surface area contributed by atoms with Crippen LogP contribution in [-0.4, -0.2) is 19.1 Å². The molecule has 0 aliphatic carbocycles. The number of amides is 1. The lowest BCUT2D eigenvalue weighted by Gasteiger charge is -2.16. The zero-order valence-electron chi connectivity index (χ0n) is 18.9. The summed E-state index contributed by atoms with van der Waals surface area (Å²) in [5.74, 6) is 0.881. The summed E-state index contributed by atoms with van der Waals surface area (Å²) in [4.78, 5) is 12.3. The van der Waals surface area contributed by atoms with E-state index in [0.717, 1.165) is 27.0 Å². The van der Waals surface area contributed by atoms with Gasteiger partial charge in [-0.15, -0.1) is 0 Å². The molecule has 3 aromatic carbocycles. The Labute approximate surface area is 198 Å². The third-order valence-corrected chi connectivity index (χ3v) is 5.64. The molecule has 168 valence electrons. The molecule has 0 bridgehead atoms. The van der Waals surface area contributed by atoms with Crippen LogP contribution in [0.1, 0.15) is 29.2 Å². The first kappa shape index (κ1) is 23.7. The Kier molecular flexibility index (Phi) is 8.17. The van der Waals surface area contributed by atoms with Crippen LogP contribution in [0.4, 0.5) is 11.4 Å². The summed E-state index contributed by atoms with van der Waals surface area (Å²) >= 11 is 3.58. The second-order valence-electron chi connectivity index (χ2n) is 7.69. The van der Waals surface area contributed by atoms with Crippen LogP contribution in [-0.2, 0) is 11.3 Å². The van der Waals surface area contributed by atoms with Crippen molar-refractivity contribution >= 4 is 33.2 Å². The van der Waals surface area contributed by atoms with Crippen LogP contribution in [0, 0.1) is 20.8 Å². The molecule has 0 saturated heterocycles. The summed E-state index contributed by atoms with van der Waals surface area (Å²) < 4.78 is 12.4. The molecule has 0 spiro atoms. The second-order valence-corrected chi connectivity index (χ2v) is 8.55. The molecule has 0 atom stereocenters. The Hall–Kier alpha value is -2.99. The number of rotatable bonds is 9. The van der Waals surface area contributed by atoms with E-state index >= 15 is 0 Å². The number of nitrogens with one attached hydrogen (secondary N) is 2. The summed E-state index contributed by atoms with van der Waals surface area (Å²) in [6.07, 6.45) is 0. The first-order chi connectivity index (χ1) is 15.4. The van der Waals surface area contributed by atoms with Crippen LogP contribution in [0.15, 0.2) is 59.1 Å². The Morgan fingerprint density at radius 1 is 0.906 bits per heavy atom. The van der Waals surface area contributed by atoms with E-state index in [2.05, 4.69) is 58.6 Å². The van der Waals surface area contributed by atoms with E-state index in [1.54, 1.807) is 0 Å². The summed E-state index contributed by atoms with van der Waals surface area (Å²) in [6, 6.07) is 17.9. The molecule has 0 aliphatic heterocycles. The Balaban J connectivity index is 1.66. The van der Waals surface area contributed by atoms with Gasteiger partial charge in [-0.3, -0.25) is 4.79 Å². The van der Waals surface area contributed by atoms with E-state index in [1.165, 1.54) is 11.1 Å². The van der Waals surface area contributed by atoms with Crippen LogP contribution < -0.4 is 20.1 Å². The SMILES string of the molecule is CCOc1cc(CNc2ccc(C)c(C)c2)cc(Br)c1OCC(=O)Nc1ccc(C)cc1. The predicted octanol–water partition coefficient (Wildman–Crippen LogP) is 6.40. The van der Waals surface area contributed by atoms with Crippen LogP contribution in [0.2, 0.25) is 0 Å². The maximum absolute atomic E-state index is 12.3. The van der Waals surface area contributed by atoms with E-state index in [9.17, 15) is 4.79 Å². The summed E-state index contributed by atoms with van der Waals surface area (Å²) in [5.41, 5.74) is 6.49. The minimum Gasteiger partial charge on any atom is -0.490 e. The number of hydrogen-bond acceptors (Lipinski definition) is 4. The third kappa shape index (κ3) is 6.50. The van der Waals surface area contributed by atoms with Crippen molar-refractivity contribution < 1.29 is 14.3 Å². The van der Waals surface area contributed by atoms with Crippen LogP contribution in [0.3, 0.4) is 0 Å². The molecular weight excluding hydrogens is 468 g/mol. The fourth-order valence-electron chi connectivity index (χ4n) is 3.15. The Morgan fingerprint density at radius 3 is 2.31 bits per heavy atom. The molecule has 3 aromatic rings. The summed E-state index contributed by atoms with van der Waals surface area (Å²) in [7, 11) is 0. The van der Waals surface area contributed by atoms with Gasteiger partial charge in [0.25, 0.3) is 5.91 Å². The van der Waals surface area contributed by atoms with Gasteiger partial charge >= 0.3 is 0 Å². The van der Waals surface area contributed by atoms with Crippen LogP contribution >= 0.6 is 15.9 Å². The van der Waals surface area contributed by atoms with E-state index in [-0.39, 0.29) is 12.5 Å². The van der Waals surface area contributed by atoms with E-state index in [4.69, 9.17) is 9.47 Å². The predicted molar refractivity (Wildman–Crippen MR) is 134 cm³/mol. The molecule has 2 N–H and O–H groups in total. The Morgan fingerprint density at radius 2 is 1.62 bits per heavy atom. The van der Waals surface area contributed by atoms with E-state index < -0.39 is 0 Å². The molecule has 0 fully saturated rings. The van der Waals surface area contributed by atoms with Crippen molar-refractivity contribution in [2.75, 3.05) is 23.8 Å². The van der Waals surface area contributed by atoms with Crippen molar-refractivity contribution in [2.45, 2.75) is 34.2 Å². The molecule has 0 aliphatic rings. The van der Waals surface area contributed by atoms with Crippen molar-refractivity contribution in [1.82, 2.24) is 0 Å². The first-order valence-electron chi connectivity index (χ1n) is 10.6. The number of aryl methyl sites for hydroxylation is 3. The molecule has 1 amide bonds. The number of ether oxygens (including phenoxy) is 2. The number of carbonyl (C=O) groups excluding carboxylic acids is 1. The number of carbonyl (C=O) groups is 1. The fraction of sp³-hybridized carbons (Fsp3) is 0.269. The highest BCUT2D eigenvalue weighted by atomic mass is 79.9. The van der Waals surface area contributed by atoms with Gasteiger partial charge in [0.2, 0.25) is 0 Å². The van der Waals surface area contributed by atoms with Gasteiger partial charge in [-0.25, -0.2) is 0 Å². The molecule has 0 radical (unpaired) electrons. The topological polar surface area (TPSA) is 59.6 Å². The quantitative estimate of drug-likeness (QED) is 0.359. The van der Waals surface area contributed by atoms with Crippen molar-refractivity contribution in [1.29, 1.82) is 0 Å². The van der Waals surface area contributed by atoms with Crippen LogP contribution in [0.5, 0.6) is 11.5 Å². The number of anilines is 2. The van der Waals surface area contributed by atoms with Crippen molar-refractivity contribution in [3.05, 3.63) is 81.3 Å². The highest BCUT2D eigenvalue weighted by Crippen LogP contribution is 2.37. The zero-order valence-corrected chi connectivity index (χ0v) is 20.5. The van der Waals surface area contributed by atoms with Gasteiger partial charge in [0.15, 0.2) is 18.1 Å². The van der Waals surface area contributed by atoms with Crippen molar-refractivity contribution in [2.24, 2.45) is 0 Å². The van der Waals surface area contributed by atoms with Gasteiger partial charge in [-0.05, 0) is 96.7 Å². The van der Waals surface area contributed by atoms with Gasteiger partial charge in [0.1, 0.15) is 0 Å². The molecule has 0 heterocycles. The maximum Gasteiger partial charge on any atom is 0.262 e. The average molecular weight is 497 g/mol. The normalized spacial score (nSPS) is 10.5. The van der Waals surface area contributed by atoms with Gasteiger partial charge in [0, 0.05) is 17.9 Å². The molecule has 3 rings (SSSR count). The smallest absolute Gasteiger partial charge is 0.262 e. The minimum atomic E-state index is -0.233. The zero-order chi connectivity index (χ0) is 23.1. The molecule has 0 saturated carbocycles. The monoisotopic (exact) mass is 496 g/mol. The summed E-state index contributed by atoms with van der Waals surface area (Å²) in [6.45, 7) is 9.13. The van der Waals surface area contributed by atoms with Crippen molar-refractivity contribution in [3.8, 4) is 11.5 Å². The maximum atomic E-state index is 12.3. The first-order valence-corrected chi connectivity index (χ1v) is 11.4. The van der Waals surface area contributed by atoms with E-state index in [1.807, 2.05) is 50.2 Å². The number of hydrogen-bond donors (Lipinski definition) is 2. The summed E-state index contributed by atoms with van der Waals surface area (Å²) in [5, 5.41) is 6.28. The number of halogens is 1. The van der Waals surface area contributed by atoms with Gasteiger partial charge in [-0.1, -0.05) is 23.8 Å². The van der Waals surface area contributed by atoms with Gasteiger partial charge in [-0.2, -0.15) is 0 Å². The number of benzene rings is 3. The van der Waals surface area contributed by atoms with Gasteiger partial charge in [0.05, 0.1) is 11.1 Å². The lowest BCUT2D eigenvalue weighted by atomic mass is 10.1. The van der Waals surface area contributed by atoms with Gasteiger partial charge < -0.3 is 20.1 Å². The molecule has 5 nitrogen and oxygen atoms in total. The highest BCUT2D eigenvalue weighted by molar-refractivity contribution is 9.10. The molecular formula is C26H29BrN2O3. The lowest BCUT2D eigenvalue weighted by molar-refractivity contribution is -0.118. The molecule has 0 unspecified atom stereocenters. The standard InChI is InChI=1S/C26H29BrN2O3/c1-5-31-24-14-20(15-28-22-11-8-18(3)19(4)12-22)13-23(27)26(24)32-16-25(30)29-21-9-6-17(2)7-10-21/h6-14,28H,5,15-16H2,1-4H3,(H,29,30). The molecule has 32 heavy (non-hydrogen) atoms. The third-order valence-electron chi connectivity index (χ3n) is 5.06. The van der Waals surface area contributed by atoms with Crippen LogP contribution in [0.25, 0.3) is 0 Å². The van der Waals surface area contributed by atoms with E-state index in [0.29, 0.717) is 24.7 Å². The fourth-order valence-corrected chi connectivity index (χ4v) is 3.76. The second kappa shape index (κ2) is 11.0. The molecule has 6 heteroatoms. The Bertz CT molecular complexity index is 1080. The lowest BCUT2D eigenvalue weighted by Crippen LogP contribution is -2.20. The molecule has 0 aromatic heterocycles. The minimum absolute atomic E-state index is 0.118. The largest absolute Gasteiger partial charge is 0.490 e. The highest BCUT2D eigenvalue weighted by Gasteiger charge is 2.14.